The summed E-state index contributed by atoms with van der Waals surface area (Å²) < 4.78 is 4.84. The molecule has 1 aromatic rings. The molecule has 1 fully saturated rings. The number of hydrogen-bond acceptors (Lipinski definition) is 5. The average Bonchev–Trinajstić information content (AvgIpc) is 3.05. The maximum Gasteiger partial charge on any atom is 0.433 e. The average molecular weight is 267 g/mol. The molecule has 1 saturated heterocycles. The summed E-state index contributed by atoms with van der Waals surface area (Å²) in [6.45, 7) is 4.68. The molecule has 0 aromatic carbocycles. The minimum absolute atomic E-state index is 0.0275. The minimum Gasteiger partial charge on any atom is -0.395 e. The molecule has 7 nitrogen and oxygen atoms in total. The van der Waals surface area contributed by atoms with Gasteiger partial charge < -0.3 is 9.73 Å². The molecule has 0 bridgehead atoms. The van der Waals surface area contributed by atoms with E-state index >= 15 is 0 Å². The lowest BCUT2D eigenvalue weighted by Gasteiger charge is -2.23. The van der Waals surface area contributed by atoms with Crippen molar-refractivity contribution in [2.75, 3.05) is 19.6 Å². The number of carbonyl (C=O) groups excluding carboxylic acids is 1. The maximum absolute atomic E-state index is 11.8. The van der Waals surface area contributed by atoms with Crippen molar-refractivity contribution in [1.82, 2.24) is 10.2 Å². The highest BCUT2D eigenvalue weighted by molar-refractivity contribution is 5.91. The highest BCUT2D eigenvalue weighted by Crippen LogP contribution is 2.15. The van der Waals surface area contributed by atoms with Gasteiger partial charge in [-0.05, 0) is 38.9 Å². The fourth-order valence-corrected chi connectivity index (χ4v) is 2.19. The molecule has 104 valence electrons. The van der Waals surface area contributed by atoms with E-state index < -0.39 is 16.7 Å². The standard InChI is InChI=1S/C12H17N3O4/c1-9(14-6-2-3-7-14)8-13-12(16)10-4-5-11(19-10)15(17)18/h4-5,9H,2-3,6-8H2,1H3,(H,13,16)/t9-/m0/s1. The Morgan fingerprint density at radius 3 is 2.79 bits per heavy atom. The van der Waals surface area contributed by atoms with Crippen LogP contribution in [-0.2, 0) is 0 Å². The third kappa shape index (κ3) is 3.31. The van der Waals surface area contributed by atoms with Gasteiger partial charge in [-0.25, -0.2) is 0 Å². The van der Waals surface area contributed by atoms with Crippen LogP contribution in [0.2, 0.25) is 0 Å². The number of nitrogens with one attached hydrogen (secondary N) is 1. The third-order valence-corrected chi connectivity index (χ3v) is 3.32. The smallest absolute Gasteiger partial charge is 0.395 e. The summed E-state index contributed by atoms with van der Waals surface area (Å²) in [5.74, 6) is -0.864. The van der Waals surface area contributed by atoms with Crippen molar-refractivity contribution in [2.45, 2.75) is 25.8 Å². The fourth-order valence-electron chi connectivity index (χ4n) is 2.19. The molecule has 1 amide bonds. The van der Waals surface area contributed by atoms with E-state index in [4.69, 9.17) is 4.42 Å². The first-order chi connectivity index (χ1) is 9.08. The Kier molecular flexibility index (Phi) is 4.16. The van der Waals surface area contributed by atoms with Gasteiger partial charge in [0, 0.05) is 12.6 Å². The van der Waals surface area contributed by atoms with Gasteiger partial charge in [-0.15, -0.1) is 0 Å². The number of nitro groups is 1. The number of hydrogen-bond donors (Lipinski definition) is 1. The number of carbonyl (C=O) groups is 1. The van der Waals surface area contributed by atoms with Crippen LogP contribution in [0.15, 0.2) is 16.5 Å². The molecular weight excluding hydrogens is 250 g/mol. The Morgan fingerprint density at radius 1 is 1.53 bits per heavy atom. The van der Waals surface area contributed by atoms with Gasteiger partial charge in [0.2, 0.25) is 0 Å². The molecule has 0 unspecified atom stereocenters. The molecule has 2 rings (SSSR count). The SMILES string of the molecule is C[C@@H](CNC(=O)c1ccc([N+](=O)[O-])o1)N1CCCC1. The molecule has 0 radical (unpaired) electrons. The predicted molar refractivity (Wildman–Crippen MR) is 68.0 cm³/mol. The van der Waals surface area contributed by atoms with Gasteiger partial charge in [-0.3, -0.25) is 19.8 Å². The van der Waals surface area contributed by atoms with Gasteiger partial charge in [0.1, 0.15) is 4.92 Å². The lowest BCUT2D eigenvalue weighted by atomic mass is 10.3. The second-order valence-corrected chi connectivity index (χ2v) is 4.70. The summed E-state index contributed by atoms with van der Waals surface area (Å²) in [5.41, 5.74) is 0. The zero-order valence-corrected chi connectivity index (χ0v) is 10.8. The second kappa shape index (κ2) is 5.83. The van der Waals surface area contributed by atoms with Crippen molar-refractivity contribution < 1.29 is 14.1 Å². The summed E-state index contributed by atoms with van der Waals surface area (Å²) in [4.78, 5) is 23.9. The molecule has 0 aliphatic carbocycles. The van der Waals surface area contributed by atoms with Crippen molar-refractivity contribution in [1.29, 1.82) is 0 Å². The van der Waals surface area contributed by atoms with Crippen LogP contribution in [0.4, 0.5) is 5.88 Å². The van der Waals surface area contributed by atoms with E-state index in [9.17, 15) is 14.9 Å². The molecule has 1 atom stereocenters. The van der Waals surface area contributed by atoms with Gasteiger partial charge in [0.15, 0.2) is 5.76 Å². The molecule has 0 saturated carbocycles. The zero-order chi connectivity index (χ0) is 13.8. The number of rotatable bonds is 5. The van der Waals surface area contributed by atoms with Gasteiger partial charge >= 0.3 is 5.88 Å². The molecule has 1 aliphatic rings. The van der Waals surface area contributed by atoms with E-state index in [2.05, 4.69) is 17.1 Å². The van der Waals surface area contributed by atoms with Crippen molar-refractivity contribution in [3.8, 4) is 0 Å². The number of furan rings is 1. The Balaban J connectivity index is 1.84. The topological polar surface area (TPSA) is 88.6 Å². The molecule has 1 aromatic heterocycles. The summed E-state index contributed by atoms with van der Waals surface area (Å²) in [7, 11) is 0. The maximum atomic E-state index is 11.8. The number of amides is 1. The lowest BCUT2D eigenvalue weighted by Crippen LogP contribution is -2.40. The van der Waals surface area contributed by atoms with Crippen LogP contribution in [0.3, 0.4) is 0 Å². The molecule has 2 heterocycles. The summed E-state index contributed by atoms with van der Waals surface area (Å²) >= 11 is 0. The Labute approximate surface area is 110 Å². The van der Waals surface area contributed by atoms with E-state index in [1.165, 1.54) is 25.0 Å². The quantitative estimate of drug-likeness (QED) is 0.643. The molecule has 7 heteroatoms. The van der Waals surface area contributed by atoms with E-state index in [-0.39, 0.29) is 11.8 Å². The normalized spacial score (nSPS) is 17.3. The molecule has 1 N–H and O–H groups in total. The van der Waals surface area contributed by atoms with Crippen molar-refractivity contribution in [3.05, 3.63) is 28.0 Å². The van der Waals surface area contributed by atoms with E-state index in [0.717, 1.165) is 13.1 Å². The summed E-state index contributed by atoms with van der Waals surface area (Å²) in [6, 6.07) is 2.75. The van der Waals surface area contributed by atoms with Crippen LogP contribution in [-0.4, -0.2) is 41.4 Å². The van der Waals surface area contributed by atoms with Gasteiger partial charge in [-0.1, -0.05) is 0 Å². The van der Waals surface area contributed by atoms with Gasteiger partial charge in [0.25, 0.3) is 5.91 Å². The Hall–Kier alpha value is -1.89. The van der Waals surface area contributed by atoms with Crippen molar-refractivity contribution in [2.24, 2.45) is 0 Å². The van der Waals surface area contributed by atoms with Gasteiger partial charge in [-0.2, -0.15) is 0 Å². The number of nitrogens with zero attached hydrogens (tertiary/aromatic N) is 2. The minimum atomic E-state index is -0.663. The zero-order valence-electron chi connectivity index (χ0n) is 10.8. The van der Waals surface area contributed by atoms with Crippen LogP contribution in [0.1, 0.15) is 30.3 Å². The second-order valence-electron chi connectivity index (χ2n) is 4.70. The van der Waals surface area contributed by atoms with Crippen molar-refractivity contribution >= 4 is 11.8 Å². The largest absolute Gasteiger partial charge is 0.433 e. The van der Waals surface area contributed by atoms with E-state index in [1.807, 2.05) is 0 Å². The monoisotopic (exact) mass is 267 g/mol. The van der Waals surface area contributed by atoms with Crippen molar-refractivity contribution in [3.63, 3.8) is 0 Å². The Bertz CT molecular complexity index is 465. The molecular formula is C12H17N3O4. The lowest BCUT2D eigenvalue weighted by molar-refractivity contribution is -0.402. The molecule has 1 aliphatic heterocycles. The summed E-state index contributed by atoms with van der Waals surface area (Å²) in [5, 5.41) is 13.2. The highest BCUT2D eigenvalue weighted by Gasteiger charge is 2.20. The Morgan fingerprint density at radius 2 is 2.21 bits per heavy atom. The van der Waals surface area contributed by atoms with E-state index in [0.29, 0.717) is 6.54 Å². The highest BCUT2D eigenvalue weighted by atomic mass is 16.6. The first-order valence-electron chi connectivity index (χ1n) is 6.34. The fraction of sp³-hybridized carbons (Fsp3) is 0.583. The van der Waals surface area contributed by atoms with Crippen LogP contribution < -0.4 is 5.32 Å². The number of likely N-dealkylation sites (tertiary alicyclic amines) is 1. The molecule has 0 spiro atoms. The summed E-state index contributed by atoms with van der Waals surface area (Å²) in [6.07, 6.45) is 2.39. The van der Waals surface area contributed by atoms with Crippen LogP contribution in [0.25, 0.3) is 0 Å². The van der Waals surface area contributed by atoms with Crippen LogP contribution in [0, 0.1) is 10.1 Å². The third-order valence-electron chi connectivity index (χ3n) is 3.32. The van der Waals surface area contributed by atoms with Gasteiger partial charge in [0.05, 0.1) is 6.07 Å². The van der Waals surface area contributed by atoms with E-state index in [1.54, 1.807) is 0 Å². The first kappa shape index (κ1) is 13.5. The first-order valence-corrected chi connectivity index (χ1v) is 6.34. The van der Waals surface area contributed by atoms with Crippen LogP contribution in [0.5, 0.6) is 0 Å². The predicted octanol–water partition coefficient (Wildman–Crippen LogP) is 1.40. The molecule has 19 heavy (non-hydrogen) atoms. The van der Waals surface area contributed by atoms with Crippen LogP contribution >= 0.6 is 0 Å².